The molecule has 0 aliphatic carbocycles. The third-order valence-corrected chi connectivity index (χ3v) is 5.47. The topological polar surface area (TPSA) is 43.3 Å². The van der Waals surface area contributed by atoms with E-state index in [2.05, 4.69) is 5.32 Å². The van der Waals surface area contributed by atoms with Gasteiger partial charge in [-0.1, -0.05) is 18.2 Å². The Morgan fingerprint density at radius 2 is 2.04 bits per heavy atom. The number of hydrogen-bond donors (Lipinski definition) is 1. The van der Waals surface area contributed by atoms with Crippen molar-refractivity contribution in [2.75, 3.05) is 13.7 Å². The van der Waals surface area contributed by atoms with E-state index < -0.39 is 18.2 Å². The minimum Gasteiger partial charge on any atom is -0.465 e. The maximum atomic E-state index is 13.1. The summed E-state index contributed by atoms with van der Waals surface area (Å²) in [4.78, 5) is 12.2. The first-order valence-electron chi connectivity index (χ1n) is 8.73. The lowest BCUT2D eigenvalue weighted by molar-refractivity contribution is -0.164. The molecule has 26 heavy (non-hydrogen) atoms. The van der Waals surface area contributed by atoms with Crippen LogP contribution in [0.2, 0.25) is 0 Å². The molecule has 3 rings (SSSR count). The molecule has 0 radical (unpaired) electrons. The van der Waals surface area contributed by atoms with E-state index in [9.17, 15) is 18.0 Å². The van der Waals surface area contributed by atoms with Gasteiger partial charge in [0, 0.05) is 22.6 Å². The van der Waals surface area contributed by atoms with Crippen molar-refractivity contribution in [3.8, 4) is 0 Å². The summed E-state index contributed by atoms with van der Waals surface area (Å²) in [6, 6.07) is 5.81. The van der Waals surface area contributed by atoms with Crippen LogP contribution in [-0.4, -0.2) is 36.4 Å². The van der Waals surface area contributed by atoms with Crippen molar-refractivity contribution in [1.82, 2.24) is 9.88 Å². The molecule has 0 spiro atoms. The molecule has 3 atom stereocenters. The molecular formula is C19H23F3N2O2. The fourth-order valence-corrected chi connectivity index (χ4v) is 4.12. The number of rotatable bonds is 3. The molecule has 1 aliphatic heterocycles. The summed E-state index contributed by atoms with van der Waals surface area (Å²) >= 11 is 0. The Hall–Kier alpha value is -2.02. The van der Waals surface area contributed by atoms with E-state index in [4.69, 9.17) is 4.74 Å². The molecule has 1 aromatic heterocycles. The molecule has 142 valence electrons. The number of para-hydroxylation sites is 1. The number of carbonyl (C=O) groups is 1. The summed E-state index contributed by atoms with van der Waals surface area (Å²) in [6.07, 6.45) is -3.55. The highest BCUT2D eigenvalue weighted by Crippen LogP contribution is 2.38. The van der Waals surface area contributed by atoms with Gasteiger partial charge < -0.3 is 14.6 Å². The summed E-state index contributed by atoms with van der Waals surface area (Å²) in [7, 11) is 1.33. The number of carbonyl (C=O) groups excluding carboxylic acids is 1. The number of methoxy groups -OCH3 is 1. The largest absolute Gasteiger partial charge is 0.465 e. The van der Waals surface area contributed by atoms with Gasteiger partial charge in [0.05, 0.1) is 12.7 Å². The van der Waals surface area contributed by atoms with Crippen molar-refractivity contribution in [2.24, 2.45) is 5.92 Å². The standard InChI is InChI=1S/C19H23F3N2O2/c1-11(13-8-9-23-16(10-13)19(20,21)22)24-12(2)17(18(25)26-3)14-6-4-5-7-15(14)24/h4-7,11,13,16,23H,8-10H2,1-3H3. The third kappa shape index (κ3) is 3.20. The van der Waals surface area contributed by atoms with Crippen LogP contribution in [-0.2, 0) is 4.74 Å². The van der Waals surface area contributed by atoms with E-state index in [1.54, 1.807) is 0 Å². The predicted molar refractivity (Wildman–Crippen MR) is 93.3 cm³/mol. The maximum absolute atomic E-state index is 13.1. The van der Waals surface area contributed by atoms with Crippen LogP contribution in [0.4, 0.5) is 13.2 Å². The quantitative estimate of drug-likeness (QED) is 0.825. The van der Waals surface area contributed by atoms with Gasteiger partial charge in [0.15, 0.2) is 0 Å². The van der Waals surface area contributed by atoms with E-state index in [1.165, 1.54) is 7.11 Å². The normalized spacial score (nSPS) is 22.4. The summed E-state index contributed by atoms with van der Waals surface area (Å²) in [5.74, 6) is -0.564. The molecule has 0 saturated carbocycles. The second-order valence-electron chi connectivity index (χ2n) is 6.91. The molecule has 3 unspecified atom stereocenters. The Bertz CT molecular complexity index is 813. The lowest BCUT2D eigenvalue weighted by atomic mass is 9.86. The van der Waals surface area contributed by atoms with Crippen LogP contribution >= 0.6 is 0 Å². The Kier molecular flexibility index (Phi) is 5.01. The Morgan fingerprint density at radius 3 is 2.69 bits per heavy atom. The number of nitrogens with one attached hydrogen (secondary N) is 1. The molecule has 1 N–H and O–H groups in total. The van der Waals surface area contributed by atoms with E-state index in [0.29, 0.717) is 18.5 Å². The van der Waals surface area contributed by atoms with Crippen molar-refractivity contribution in [3.05, 3.63) is 35.5 Å². The number of ether oxygens (including phenoxy) is 1. The number of piperidine rings is 1. The van der Waals surface area contributed by atoms with Crippen LogP contribution < -0.4 is 5.32 Å². The molecule has 1 saturated heterocycles. The zero-order valence-electron chi connectivity index (χ0n) is 15.1. The highest BCUT2D eigenvalue weighted by atomic mass is 19.4. The Balaban J connectivity index is 2.02. The van der Waals surface area contributed by atoms with Crippen molar-refractivity contribution < 1.29 is 22.7 Å². The highest BCUT2D eigenvalue weighted by Gasteiger charge is 2.43. The lowest BCUT2D eigenvalue weighted by Gasteiger charge is -2.36. The Labute approximate surface area is 150 Å². The number of benzene rings is 1. The number of halogens is 3. The molecule has 2 heterocycles. The number of nitrogens with zero attached hydrogens (tertiary/aromatic N) is 1. The SMILES string of the molecule is COC(=O)c1c(C)n(C(C)C2CCNC(C(F)(F)F)C2)c2ccccc12. The number of esters is 1. The van der Waals surface area contributed by atoms with Gasteiger partial charge in [-0.05, 0) is 45.2 Å². The molecule has 0 bridgehead atoms. The van der Waals surface area contributed by atoms with Crippen LogP contribution in [0.1, 0.15) is 41.9 Å². The lowest BCUT2D eigenvalue weighted by Crippen LogP contribution is -2.48. The molecule has 1 fully saturated rings. The average molecular weight is 368 g/mol. The van der Waals surface area contributed by atoms with Gasteiger partial charge >= 0.3 is 12.1 Å². The second-order valence-corrected chi connectivity index (χ2v) is 6.91. The van der Waals surface area contributed by atoms with Crippen LogP contribution in [0, 0.1) is 12.8 Å². The first-order chi connectivity index (χ1) is 12.3. The van der Waals surface area contributed by atoms with Gasteiger partial charge in [-0.15, -0.1) is 0 Å². The van der Waals surface area contributed by atoms with Gasteiger partial charge in [0.25, 0.3) is 0 Å². The zero-order chi connectivity index (χ0) is 19.1. The third-order valence-electron chi connectivity index (χ3n) is 5.47. The van der Waals surface area contributed by atoms with Gasteiger partial charge in [0.2, 0.25) is 0 Å². The van der Waals surface area contributed by atoms with Crippen LogP contribution in [0.3, 0.4) is 0 Å². The summed E-state index contributed by atoms with van der Waals surface area (Å²) in [5, 5.41) is 3.34. The van der Waals surface area contributed by atoms with Gasteiger partial charge in [-0.2, -0.15) is 13.2 Å². The first-order valence-corrected chi connectivity index (χ1v) is 8.73. The summed E-state index contributed by atoms with van der Waals surface area (Å²) in [6.45, 7) is 4.09. The predicted octanol–water partition coefficient (Wildman–Crippen LogP) is 4.23. The number of aromatic nitrogens is 1. The summed E-state index contributed by atoms with van der Waals surface area (Å²) < 4.78 is 46.3. The Morgan fingerprint density at radius 1 is 1.35 bits per heavy atom. The minimum atomic E-state index is -4.25. The molecule has 1 aromatic carbocycles. The van der Waals surface area contributed by atoms with E-state index in [-0.39, 0.29) is 18.4 Å². The highest BCUT2D eigenvalue weighted by molar-refractivity contribution is 6.05. The first kappa shape index (κ1) is 18.8. The molecular weight excluding hydrogens is 345 g/mol. The van der Waals surface area contributed by atoms with Gasteiger partial charge in [-0.25, -0.2) is 4.79 Å². The monoisotopic (exact) mass is 368 g/mol. The minimum absolute atomic E-state index is 0.0319. The molecule has 4 nitrogen and oxygen atoms in total. The fraction of sp³-hybridized carbons (Fsp3) is 0.526. The van der Waals surface area contributed by atoms with E-state index >= 15 is 0 Å². The van der Waals surface area contributed by atoms with Crippen molar-refractivity contribution in [2.45, 2.75) is 44.9 Å². The van der Waals surface area contributed by atoms with E-state index in [0.717, 1.165) is 16.6 Å². The smallest absolute Gasteiger partial charge is 0.403 e. The molecule has 7 heteroatoms. The van der Waals surface area contributed by atoms with Gasteiger partial charge in [0.1, 0.15) is 6.04 Å². The number of hydrogen-bond acceptors (Lipinski definition) is 3. The number of alkyl halides is 3. The molecule has 1 aliphatic rings. The van der Waals surface area contributed by atoms with Crippen molar-refractivity contribution in [3.63, 3.8) is 0 Å². The van der Waals surface area contributed by atoms with Crippen LogP contribution in [0.25, 0.3) is 10.9 Å². The van der Waals surface area contributed by atoms with Crippen LogP contribution in [0.15, 0.2) is 24.3 Å². The van der Waals surface area contributed by atoms with Crippen molar-refractivity contribution in [1.29, 1.82) is 0 Å². The van der Waals surface area contributed by atoms with Crippen molar-refractivity contribution >= 4 is 16.9 Å². The van der Waals surface area contributed by atoms with Gasteiger partial charge in [-0.3, -0.25) is 0 Å². The zero-order valence-corrected chi connectivity index (χ0v) is 15.1. The maximum Gasteiger partial charge on any atom is 0.403 e. The molecule has 2 aromatic rings. The number of fused-ring (bicyclic) bond motifs is 1. The average Bonchev–Trinajstić information content (AvgIpc) is 2.91. The van der Waals surface area contributed by atoms with E-state index in [1.807, 2.05) is 42.7 Å². The molecule has 0 amide bonds. The summed E-state index contributed by atoms with van der Waals surface area (Å²) in [5.41, 5.74) is 2.06. The second kappa shape index (κ2) is 6.95. The fourth-order valence-electron chi connectivity index (χ4n) is 4.12. The van der Waals surface area contributed by atoms with Crippen LogP contribution in [0.5, 0.6) is 0 Å².